The van der Waals surface area contributed by atoms with Crippen molar-refractivity contribution in [1.29, 1.82) is 0 Å². The zero-order chi connectivity index (χ0) is 13.0. The Bertz CT molecular complexity index is 410. The number of carbonyl (C=O) groups excluding carboxylic acids is 1. The van der Waals surface area contributed by atoms with Crippen molar-refractivity contribution < 1.29 is 4.79 Å². The molecule has 4 nitrogen and oxygen atoms in total. The Morgan fingerprint density at radius 2 is 2.33 bits per heavy atom. The third kappa shape index (κ3) is 3.53. The molecule has 1 atom stereocenters. The van der Waals surface area contributed by atoms with Crippen LogP contribution < -0.4 is 10.6 Å². The van der Waals surface area contributed by atoms with E-state index in [0.717, 1.165) is 36.5 Å². The van der Waals surface area contributed by atoms with Gasteiger partial charge >= 0.3 is 0 Å². The van der Waals surface area contributed by atoms with E-state index < -0.39 is 0 Å². The van der Waals surface area contributed by atoms with E-state index in [2.05, 4.69) is 15.6 Å². The van der Waals surface area contributed by atoms with Crippen LogP contribution >= 0.6 is 11.3 Å². The minimum atomic E-state index is 0.0167. The standard InChI is InChI=1S/C13H21N3OS/c1-9-12(18-10(2)16-9)6-8-15-13(17)11-5-3-4-7-14-11/h11,14H,3-8H2,1-2H3,(H,15,17)/t11-/m1/s1. The van der Waals surface area contributed by atoms with Crippen LogP contribution in [0.25, 0.3) is 0 Å². The van der Waals surface area contributed by atoms with Gasteiger partial charge in [0, 0.05) is 17.8 Å². The Morgan fingerprint density at radius 3 is 2.94 bits per heavy atom. The number of rotatable bonds is 4. The molecule has 1 aromatic rings. The molecule has 1 amide bonds. The topological polar surface area (TPSA) is 54.0 Å². The van der Waals surface area contributed by atoms with Crippen molar-refractivity contribution >= 4 is 17.2 Å². The van der Waals surface area contributed by atoms with Gasteiger partial charge in [-0.2, -0.15) is 0 Å². The van der Waals surface area contributed by atoms with Gasteiger partial charge in [0.25, 0.3) is 0 Å². The number of piperidine rings is 1. The van der Waals surface area contributed by atoms with Gasteiger partial charge in [0.05, 0.1) is 16.7 Å². The molecule has 0 unspecified atom stereocenters. The molecule has 0 radical (unpaired) electrons. The van der Waals surface area contributed by atoms with Gasteiger partial charge in [0.15, 0.2) is 0 Å². The van der Waals surface area contributed by atoms with E-state index in [4.69, 9.17) is 0 Å². The van der Waals surface area contributed by atoms with Crippen molar-refractivity contribution in [3.05, 3.63) is 15.6 Å². The van der Waals surface area contributed by atoms with E-state index in [9.17, 15) is 4.79 Å². The Labute approximate surface area is 112 Å². The number of carbonyl (C=O) groups is 1. The Kier molecular flexibility index (Phi) is 4.72. The average Bonchev–Trinajstić information content (AvgIpc) is 2.69. The molecule has 1 aliphatic heterocycles. The minimum absolute atomic E-state index is 0.0167. The van der Waals surface area contributed by atoms with Crippen LogP contribution in [0.5, 0.6) is 0 Å². The predicted octanol–water partition coefficient (Wildman–Crippen LogP) is 1.56. The third-order valence-corrected chi connectivity index (χ3v) is 4.41. The van der Waals surface area contributed by atoms with Gasteiger partial charge in [-0.1, -0.05) is 6.42 Å². The Hall–Kier alpha value is -0.940. The molecule has 0 saturated carbocycles. The Morgan fingerprint density at radius 1 is 1.50 bits per heavy atom. The number of nitrogens with zero attached hydrogens (tertiary/aromatic N) is 1. The van der Waals surface area contributed by atoms with Gasteiger partial charge < -0.3 is 10.6 Å². The van der Waals surface area contributed by atoms with Crippen LogP contribution in [0.2, 0.25) is 0 Å². The van der Waals surface area contributed by atoms with Gasteiger partial charge in [0.1, 0.15) is 0 Å². The van der Waals surface area contributed by atoms with Gasteiger partial charge in [-0.25, -0.2) is 4.98 Å². The number of aryl methyl sites for hydroxylation is 2. The zero-order valence-corrected chi connectivity index (χ0v) is 11.9. The maximum Gasteiger partial charge on any atom is 0.237 e. The highest BCUT2D eigenvalue weighted by Crippen LogP contribution is 2.17. The number of thiazole rings is 1. The summed E-state index contributed by atoms with van der Waals surface area (Å²) in [5.74, 6) is 0.147. The largest absolute Gasteiger partial charge is 0.354 e. The molecule has 1 aromatic heterocycles. The molecular formula is C13H21N3OS. The van der Waals surface area contributed by atoms with Crippen molar-refractivity contribution in [3.63, 3.8) is 0 Å². The van der Waals surface area contributed by atoms with Crippen molar-refractivity contribution in [2.24, 2.45) is 0 Å². The molecule has 100 valence electrons. The number of hydrogen-bond donors (Lipinski definition) is 2. The smallest absolute Gasteiger partial charge is 0.237 e. The fraction of sp³-hybridized carbons (Fsp3) is 0.692. The molecule has 0 spiro atoms. The lowest BCUT2D eigenvalue weighted by atomic mass is 10.0. The van der Waals surface area contributed by atoms with Crippen molar-refractivity contribution in [3.8, 4) is 0 Å². The summed E-state index contributed by atoms with van der Waals surface area (Å²) < 4.78 is 0. The first kappa shape index (κ1) is 13.5. The van der Waals surface area contributed by atoms with Crippen molar-refractivity contribution in [2.45, 2.75) is 45.6 Å². The quantitative estimate of drug-likeness (QED) is 0.870. The van der Waals surface area contributed by atoms with Gasteiger partial charge in [-0.3, -0.25) is 4.79 Å². The van der Waals surface area contributed by atoms with E-state index in [1.54, 1.807) is 11.3 Å². The van der Waals surface area contributed by atoms with Crippen LogP contribution in [0.15, 0.2) is 0 Å². The molecule has 18 heavy (non-hydrogen) atoms. The summed E-state index contributed by atoms with van der Waals surface area (Å²) in [7, 11) is 0. The fourth-order valence-electron chi connectivity index (χ4n) is 2.30. The molecule has 0 aromatic carbocycles. The summed E-state index contributed by atoms with van der Waals surface area (Å²) in [5, 5.41) is 7.38. The van der Waals surface area contributed by atoms with E-state index in [1.165, 1.54) is 11.3 Å². The number of amides is 1. The summed E-state index contributed by atoms with van der Waals surface area (Å²) in [6.45, 7) is 5.72. The Balaban J connectivity index is 1.74. The highest BCUT2D eigenvalue weighted by Gasteiger charge is 2.19. The van der Waals surface area contributed by atoms with E-state index >= 15 is 0 Å². The normalized spacial score (nSPS) is 19.8. The lowest BCUT2D eigenvalue weighted by Crippen LogP contribution is -2.47. The average molecular weight is 267 g/mol. The molecule has 2 rings (SSSR count). The molecule has 2 heterocycles. The second-order valence-electron chi connectivity index (χ2n) is 4.78. The molecule has 0 bridgehead atoms. The lowest BCUT2D eigenvalue weighted by molar-refractivity contribution is -0.123. The summed E-state index contributed by atoms with van der Waals surface area (Å²) >= 11 is 1.72. The highest BCUT2D eigenvalue weighted by molar-refractivity contribution is 7.11. The maximum absolute atomic E-state index is 11.9. The molecule has 5 heteroatoms. The third-order valence-electron chi connectivity index (χ3n) is 3.28. The molecule has 1 fully saturated rings. The monoisotopic (exact) mass is 267 g/mol. The molecular weight excluding hydrogens is 246 g/mol. The SMILES string of the molecule is Cc1nc(C)c(CCNC(=O)[C@H]2CCCCN2)s1. The number of nitrogens with one attached hydrogen (secondary N) is 2. The molecule has 2 N–H and O–H groups in total. The molecule has 0 aliphatic carbocycles. The van der Waals surface area contributed by atoms with Crippen molar-refractivity contribution in [1.82, 2.24) is 15.6 Å². The fourth-order valence-corrected chi connectivity index (χ4v) is 3.24. The van der Waals surface area contributed by atoms with Gasteiger partial charge in [0.2, 0.25) is 5.91 Å². The summed E-state index contributed by atoms with van der Waals surface area (Å²) in [5.41, 5.74) is 1.10. The van der Waals surface area contributed by atoms with E-state index in [0.29, 0.717) is 6.54 Å². The van der Waals surface area contributed by atoms with Crippen LogP contribution in [-0.2, 0) is 11.2 Å². The molecule has 1 aliphatic rings. The minimum Gasteiger partial charge on any atom is -0.354 e. The summed E-state index contributed by atoms with van der Waals surface area (Å²) in [6, 6.07) is 0.0167. The number of aromatic nitrogens is 1. The predicted molar refractivity (Wildman–Crippen MR) is 73.9 cm³/mol. The van der Waals surface area contributed by atoms with Crippen LogP contribution in [0.4, 0.5) is 0 Å². The molecule has 1 saturated heterocycles. The van der Waals surface area contributed by atoms with E-state index in [-0.39, 0.29) is 11.9 Å². The first-order chi connectivity index (χ1) is 8.66. The second-order valence-corrected chi connectivity index (χ2v) is 6.07. The van der Waals surface area contributed by atoms with Gasteiger partial charge in [-0.15, -0.1) is 11.3 Å². The zero-order valence-electron chi connectivity index (χ0n) is 11.1. The van der Waals surface area contributed by atoms with Crippen LogP contribution in [0, 0.1) is 13.8 Å². The first-order valence-corrected chi connectivity index (χ1v) is 7.42. The van der Waals surface area contributed by atoms with E-state index in [1.807, 2.05) is 13.8 Å². The van der Waals surface area contributed by atoms with Crippen molar-refractivity contribution in [2.75, 3.05) is 13.1 Å². The lowest BCUT2D eigenvalue weighted by Gasteiger charge is -2.22. The second kappa shape index (κ2) is 6.29. The highest BCUT2D eigenvalue weighted by atomic mass is 32.1. The summed E-state index contributed by atoms with van der Waals surface area (Å²) in [4.78, 5) is 17.6. The summed E-state index contributed by atoms with van der Waals surface area (Å²) in [6.07, 6.45) is 4.18. The van der Waals surface area contributed by atoms with Crippen LogP contribution in [0.3, 0.4) is 0 Å². The van der Waals surface area contributed by atoms with Crippen LogP contribution in [0.1, 0.15) is 34.8 Å². The van der Waals surface area contributed by atoms with Crippen LogP contribution in [-0.4, -0.2) is 30.0 Å². The number of hydrogen-bond acceptors (Lipinski definition) is 4. The van der Waals surface area contributed by atoms with Gasteiger partial charge in [-0.05, 0) is 33.2 Å². The maximum atomic E-state index is 11.9. The first-order valence-electron chi connectivity index (χ1n) is 6.61.